The molecule has 14 heavy (non-hydrogen) atoms. The maximum absolute atomic E-state index is 4.45. The van der Waals surface area contributed by atoms with Crippen molar-refractivity contribution in [2.45, 2.75) is 6.54 Å². The number of rotatable bonds is 3. The lowest BCUT2D eigenvalue weighted by molar-refractivity contribution is 0.285. The van der Waals surface area contributed by atoms with Gasteiger partial charge in [0.05, 0.1) is 6.54 Å². The van der Waals surface area contributed by atoms with Crippen LogP contribution in [-0.2, 0) is 6.54 Å². The normalized spacial score (nSPS) is 18.4. The van der Waals surface area contributed by atoms with Gasteiger partial charge in [-0.05, 0) is 0 Å². The number of aromatic nitrogens is 1. The van der Waals surface area contributed by atoms with E-state index in [2.05, 4.69) is 32.4 Å². The van der Waals surface area contributed by atoms with E-state index in [9.17, 15) is 0 Å². The highest BCUT2D eigenvalue weighted by atomic mass is 32.1. The summed E-state index contributed by atoms with van der Waals surface area (Å²) in [6.07, 6.45) is 0. The molecule has 2 N–H and O–H groups in total. The Kier molecular flexibility index (Phi) is 3.34. The van der Waals surface area contributed by atoms with E-state index in [0.29, 0.717) is 0 Å². The van der Waals surface area contributed by atoms with Crippen molar-refractivity contribution in [3.8, 4) is 0 Å². The van der Waals surface area contributed by atoms with E-state index in [-0.39, 0.29) is 0 Å². The van der Waals surface area contributed by atoms with Crippen LogP contribution in [0.5, 0.6) is 0 Å². The van der Waals surface area contributed by atoms with Crippen molar-refractivity contribution in [2.24, 2.45) is 0 Å². The summed E-state index contributed by atoms with van der Waals surface area (Å²) in [6.45, 7) is 6.26. The summed E-state index contributed by atoms with van der Waals surface area (Å²) in [5.74, 6) is 0.972. The van der Waals surface area contributed by atoms with Gasteiger partial charge in [-0.15, -0.1) is 11.3 Å². The first-order chi connectivity index (χ1) is 6.88. The third kappa shape index (κ3) is 2.43. The van der Waals surface area contributed by atoms with Crippen LogP contribution in [0.4, 0.5) is 5.82 Å². The molecule has 77 valence electrons. The molecule has 2 heterocycles. The van der Waals surface area contributed by atoms with E-state index in [1.807, 2.05) is 7.05 Å². The van der Waals surface area contributed by atoms with Crippen LogP contribution in [0.2, 0.25) is 0 Å². The summed E-state index contributed by atoms with van der Waals surface area (Å²) in [4.78, 5) is 6.76. The number of nitrogens with one attached hydrogen (secondary N) is 2. The molecule has 4 nitrogen and oxygen atoms in total. The Hall–Kier alpha value is -0.650. The molecule has 2 rings (SSSR count). The zero-order valence-electron chi connectivity index (χ0n) is 8.29. The summed E-state index contributed by atoms with van der Waals surface area (Å²) >= 11 is 1.71. The zero-order chi connectivity index (χ0) is 9.80. The van der Waals surface area contributed by atoms with Crippen LogP contribution in [0.3, 0.4) is 0 Å². The summed E-state index contributed by atoms with van der Waals surface area (Å²) in [6, 6.07) is 0. The van der Waals surface area contributed by atoms with Crippen LogP contribution in [-0.4, -0.2) is 36.6 Å². The Morgan fingerprint density at radius 2 is 2.64 bits per heavy atom. The van der Waals surface area contributed by atoms with Crippen LogP contribution >= 0.6 is 11.3 Å². The standard InChI is InChI=1S/C9H15N4S/c1-10-8-7-14-9(12-8)6-13-4-2-11-3-5-13/h4,7,10-11H,2-3,5-6H2,1H3. The molecular formula is C9H15N4S. The highest BCUT2D eigenvalue weighted by molar-refractivity contribution is 7.10. The largest absolute Gasteiger partial charge is 0.372 e. The molecule has 0 bridgehead atoms. The minimum absolute atomic E-state index is 0.939. The second-order valence-electron chi connectivity index (χ2n) is 3.23. The number of hydrogen-bond acceptors (Lipinski definition) is 5. The molecule has 1 aromatic rings. The van der Waals surface area contributed by atoms with Gasteiger partial charge in [0.25, 0.3) is 0 Å². The maximum atomic E-state index is 4.45. The van der Waals surface area contributed by atoms with Crippen LogP contribution in [0.25, 0.3) is 0 Å². The first-order valence-corrected chi connectivity index (χ1v) is 5.66. The monoisotopic (exact) mass is 211 g/mol. The zero-order valence-corrected chi connectivity index (χ0v) is 9.10. The lowest BCUT2D eigenvalue weighted by Crippen LogP contribution is -2.39. The third-order valence-electron chi connectivity index (χ3n) is 2.22. The summed E-state index contributed by atoms with van der Waals surface area (Å²) in [5.41, 5.74) is 0. The van der Waals surface area contributed by atoms with Crippen molar-refractivity contribution in [1.82, 2.24) is 15.2 Å². The number of piperazine rings is 1. The van der Waals surface area contributed by atoms with Crippen molar-refractivity contribution in [3.63, 3.8) is 0 Å². The van der Waals surface area contributed by atoms with Crippen molar-refractivity contribution >= 4 is 17.2 Å². The van der Waals surface area contributed by atoms with E-state index in [1.165, 1.54) is 5.01 Å². The Morgan fingerprint density at radius 1 is 1.71 bits per heavy atom. The summed E-state index contributed by atoms with van der Waals surface area (Å²) < 4.78 is 0. The second-order valence-corrected chi connectivity index (χ2v) is 4.18. The fourth-order valence-electron chi connectivity index (χ4n) is 1.43. The molecule has 0 aliphatic carbocycles. The lowest BCUT2D eigenvalue weighted by Gasteiger charge is -2.25. The number of anilines is 1. The molecule has 1 saturated heterocycles. The first kappa shape index (κ1) is 9.89. The highest BCUT2D eigenvalue weighted by Gasteiger charge is 2.11. The van der Waals surface area contributed by atoms with Gasteiger partial charge in [-0.25, -0.2) is 4.98 Å². The van der Waals surface area contributed by atoms with Crippen LogP contribution in [0, 0.1) is 6.54 Å². The smallest absolute Gasteiger partial charge is 0.137 e. The molecule has 1 aliphatic rings. The van der Waals surface area contributed by atoms with Crippen molar-refractivity contribution in [1.29, 1.82) is 0 Å². The molecule has 0 spiro atoms. The Balaban J connectivity index is 1.89. The van der Waals surface area contributed by atoms with E-state index >= 15 is 0 Å². The van der Waals surface area contributed by atoms with Crippen LogP contribution < -0.4 is 10.6 Å². The lowest BCUT2D eigenvalue weighted by atomic mass is 10.3. The maximum Gasteiger partial charge on any atom is 0.137 e. The van der Waals surface area contributed by atoms with Gasteiger partial charge in [-0.1, -0.05) is 0 Å². The Labute approximate surface area is 88.3 Å². The number of nitrogens with zero attached hydrogens (tertiary/aromatic N) is 2. The average Bonchev–Trinajstić information content (AvgIpc) is 2.67. The minimum Gasteiger partial charge on any atom is -0.372 e. The fourth-order valence-corrected chi connectivity index (χ4v) is 2.23. The number of hydrogen-bond donors (Lipinski definition) is 2. The predicted molar refractivity (Wildman–Crippen MR) is 59.2 cm³/mol. The molecule has 0 saturated carbocycles. The molecule has 0 atom stereocenters. The molecule has 1 aromatic heterocycles. The number of thiazole rings is 1. The molecule has 5 heteroatoms. The SMILES string of the molecule is CNc1csc(CN2[CH]CNCC2)n1. The highest BCUT2D eigenvalue weighted by Crippen LogP contribution is 2.16. The molecule has 0 amide bonds. The van der Waals surface area contributed by atoms with Crippen molar-refractivity contribution in [2.75, 3.05) is 32.0 Å². The van der Waals surface area contributed by atoms with E-state index in [0.717, 1.165) is 32.0 Å². The summed E-state index contributed by atoms with van der Waals surface area (Å²) in [7, 11) is 1.90. The Morgan fingerprint density at radius 3 is 3.29 bits per heavy atom. The molecule has 1 radical (unpaired) electrons. The van der Waals surface area contributed by atoms with Crippen molar-refractivity contribution < 1.29 is 0 Å². The molecular weight excluding hydrogens is 196 g/mol. The van der Waals surface area contributed by atoms with Gasteiger partial charge >= 0.3 is 0 Å². The quantitative estimate of drug-likeness (QED) is 0.774. The van der Waals surface area contributed by atoms with E-state index in [4.69, 9.17) is 0 Å². The molecule has 0 aromatic carbocycles. The van der Waals surface area contributed by atoms with Gasteiger partial charge in [0, 0.05) is 38.6 Å². The molecule has 0 unspecified atom stereocenters. The average molecular weight is 211 g/mol. The summed E-state index contributed by atoms with van der Waals surface area (Å²) in [5, 5.41) is 9.56. The minimum atomic E-state index is 0.939. The third-order valence-corrected chi connectivity index (χ3v) is 3.05. The van der Waals surface area contributed by atoms with E-state index in [1.54, 1.807) is 11.3 Å². The van der Waals surface area contributed by atoms with Gasteiger partial charge in [0.2, 0.25) is 0 Å². The van der Waals surface area contributed by atoms with Crippen LogP contribution in [0.15, 0.2) is 5.38 Å². The van der Waals surface area contributed by atoms with Gasteiger partial charge in [-0.3, -0.25) is 4.90 Å². The topological polar surface area (TPSA) is 40.2 Å². The van der Waals surface area contributed by atoms with Crippen LogP contribution in [0.1, 0.15) is 5.01 Å². The van der Waals surface area contributed by atoms with Crippen molar-refractivity contribution in [3.05, 3.63) is 16.9 Å². The van der Waals surface area contributed by atoms with Gasteiger partial charge in [0.15, 0.2) is 0 Å². The second kappa shape index (κ2) is 4.72. The predicted octanol–water partition coefficient (Wildman–Crippen LogP) is 0.752. The first-order valence-electron chi connectivity index (χ1n) is 4.79. The fraction of sp³-hybridized carbons (Fsp3) is 0.556. The van der Waals surface area contributed by atoms with E-state index < -0.39 is 0 Å². The van der Waals surface area contributed by atoms with Gasteiger partial charge < -0.3 is 10.6 Å². The van der Waals surface area contributed by atoms with Gasteiger partial charge in [0.1, 0.15) is 10.8 Å². The van der Waals surface area contributed by atoms with Gasteiger partial charge in [-0.2, -0.15) is 0 Å². The molecule has 1 aliphatic heterocycles. The Bertz CT molecular complexity index is 280. The molecule has 1 fully saturated rings.